The molecule has 2 atom stereocenters. The van der Waals surface area contributed by atoms with Crippen molar-refractivity contribution in [3.8, 4) is 0 Å². The number of allylic oxidation sites excluding steroid dienone is 6. The van der Waals surface area contributed by atoms with Crippen molar-refractivity contribution in [1.29, 1.82) is 0 Å². The molecule has 0 saturated carbocycles. The molecular weight excluding hydrogens is 739 g/mol. The van der Waals surface area contributed by atoms with Gasteiger partial charge < -0.3 is 28.6 Å². The molecule has 0 aromatic rings. The molecule has 0 amide bonds. The standard InChI is InChI=1S/C51H93NO7/c1-6-8-10-12-14-16-18-20-22-24-25-26-28-30-32-34-36-38-40-42-50(54)59-47(45-57-44-43-48(51(55)56)52(3,4)5)46-58-49(53)41-39-37-35-33-31-29-27-23-21-19-17-15-13-11-9-7-2/h9,11,15,17,21,23,47-48H,6-8,10,12-14,16,18-20,22,24-46H2,1-5H3/b11-9+,17-15+,23-21+. The van der Waals surface area contributed by atoms with Crippen LogP contribution in [0, 0.1) is 0 Å². The van der Waals surface area contributed by atoms with Crippen LogP contribution < -0.4 is 5.11 Å². The van der Waals surface area contributed by atoms with Gasteiger partial charge in [-0.2, -0.15) is 0 Å². The fourth-order valence-corrected chi connectivity index (χ4v) is 7.26. The fourth-order valence-electron chi connectivity index (χ4n) is 7.26. The number of ether oxygens (including phenoxy) is 3. The zero-order valence-corrected chi connectivity index (χ0v) is 39.2. The van der Waals surface area contributed by atoms with E-state index >= 15 is 0 Å². The molecule has 0 aliphatic heterocycles. The van der Waals surface area contributed by atoms with Crippen molar-refractivity contribution < 1.29 is 38.2 Å². The third-order valence-electron chi connectivity index (χ3n) is 11.0. The van der Waals surface area contributed by atoms with Crippen LogP contribution in [0.5, 0.6) is 0 Å². The molecule has 0 saturated heterocycles. The second-order valence-electron chi connectivity index (χ2n) is 17.7. The second-order valence-corrected chi connectivity index (χ2v) is 17.7. The summed E-state index contributed by atoms with van der Waals surface area (Å²) in [7, 11) is 5.41. The number of rotatable bonds is 44. The van der Waals surface area contributed by atoms with E-state index in [1.165, 1.54) is 116 Å². The van der Waals surface area contributed by atoms with Gasteiger partial charge in [0, 0.05) is 19.3 Å². The summed E-state index contributed by atoms with van der Waals surface area (Å²) < 4.78 is 17.2. The number of nitrogens with zero attached hydrogens (tertiary/aromatic N) is 1. The van der Waals surface area contributed by atoms with Crippen LogP contribution in [0.4, 0.5) is 0 Å². The highest BCUT2D eigenvalue weighted by atomic mass is 16.6. The highest BCUT2D eigenvalue weighted by Gasteiger charge is 2.25. The number of hydrogen-bond donors (Lipinski definition) is 0. The average molecular weight is 832 g/mol. The Kier molecular flexibility index (Phi) is 40.5. The van der Waals surface area contributed by atoms with Crippen molar-refractivity contribution in [3.63, 3.8) is 0 Å². The maximum absolute atomic E-state index is 12.8. The van der Waals surface area contributed by atoms with Gasteiger partial charge in [0.1, 0.15) is 12.6 Å². The van der Waals surface area contributed by atoms with Gasteiger partial charge in [-0.3, -0.25) is 9.59 Å². The molecule has 0 aromatic heterocycles. The third-order valence-corrected chi connectivity index (χ3v) is 11.0. The molecule has 0 heterocycles. The molecule has 0 rings (SSSR count). The van der Waals surface area contributed by atoms with E-state index in [2.05, 4.69) is 50.3 Å². The molecule has 0 aliphatic carbocycles. The molecule has 0 aliphatic rings. The molecule has 344 valence electrons. The van der Waals surface area contributed by atoms with Crippen LogP contribution in [0.25, 0.3) is 0 Å². The van der Waals surface area contributed by atoms with Crippen molar-refractivity contribution in [2.75, 3.05) is 41.0 Å². The van der Waals surface area contributed by atoms with Gasteiger partial charge in [0.25, 0.3) is 0 Å². The zero-order valence-electron chi connectivity index (χ0n) is 39.2. The summed E-state index contributed by atoms with van der Waals surface area (Å²) in [5.74, 6) is -1.74. The van der Waals surface area contributed by atoms with Crippen molar-refractivity contribution >= 4 is 17.9 Å². The molecule has 0 radical (unpaired) electrons. The predicted octanol–water partition coefficient (Wildman–Crippen LogP) is 12.5. The molecule has 0 fully saturated rings. The summed E-state index contributed by atoms with van der Waals surface area (Å²) in [5, 5.41) is 11.6. The van der Waals surface area contributed by atoms with E-state index < -0.39 is 18.1 Å². The Morgan fingerprint density at radius 3 is 1.41 bits per heavy atom. The van der Waals surface area contributed by atoms with E-state index in [-0.39, 0.29) is 42.7 Å². The predicted molar refractivity (Wildman–Crippen MR) is 245 cm³/mol. The number of hydrogen-bond acceptors (Lipinski definition) is 7. The van der Waals surface area contributed by atoms with E-state index in [1.807, 2.05) is 0 Å². The molecule has 8 nitrogen and oxygen atoms in total. The van der Waals surface area contributed by atoms with Gasteiger partial charge in [0.05, 0.1) is 40.3 Å². The van der Waals surface area contributed by atoms with Crippen LogP contribution in [0.3, 0.4) is 0 Å². The topological polar surface area (TPSA) is 102 Å². The summed E-state index contributed by atoms with van der Waals surface area (Å²) in [6.45, 7) is 4.57. The number of carboxylic acids is 1. The van der Waals surface area contributed by atoms with Gasteiger partial charge in [-0.15, -0.1) is 0 Å². The number of carbonyl (C=O) groups is 3. The lowest BCUT2D eigenvalue weighted by molar-refractivity contribution is -0.889. The minimum atomic E-state index is -1.12. The number of quaternary nitrogens is 1. The first kappa shape index (κ1) is 56.5. The highest BCUT2D eigenvalue weighted by Crippen LogP contribution is 2.16. The van der Waals surface area contributed by atoms with Gasteiger partial charge >= 0.3 is 11.9 Å². The van der Waals surface area contributed by atoms with Gasteiger partial charge in [0.2, 0.25) is 0 Å². The Morgan fingerprint density at radius 1 is 0.525 bits per heavy atom. The number of unbranched alkanes of at least 4 members (excludes halogenated alkanes) is 24. The lowest BCUT2D eigenvalue weighted by Gasteiger charge is -2.34. The first-order valence-corrected chi connectivity index (χ1v) is 24.5. The lowest BCUT2D eigenvalue weighted by Crippen LogP contribution is -2.55. The molecule has 0 spiro atoms. The van der Waals surface area contributed by atoms with Crippen molar-refractivity contribution in [2.45, 2.75) is 231 Å². The largest absolute Gasteiger partial charge is 0.544 e. The summed E-state index contributed by atoms with van der Waals surface area (Å²) >= 11 is 0. The minimum Gasteiger partial charge on any atom is -0.544 e. The lowest BCUT2D eigenvalue weighted by atomic mass is 10.0. The van der Waals surface area contributed by atoms with Gasteiger partial charge in [-0.25, -0.2) is 0 Å². The Bertz CT molecular complexity index is 1060. The Hall–Kier alpha value is -2.45. The number of carboxylic acid groups (broad SMARTS) is 1. The van der Waals surface area contributed by atoms with Crippen LogP contribution in [0.1, 0.15) is 219 Å². The first-order valence-electron chi connectivity index (χ1n) is 24.5. The van der Waals surface area contributed by atoms with E-state index in [9.17, 15) is 19.5 Å². The van der Waals surface area contributed by atoms with Crippen LogP contribution in [0.15, 0.2) is 36.5 Å². The monoisotopic (exact) mass is 832 g/mol. The Labute approximate surface area is 364 Å². The molecule has 0 bridgehead atoms. The normalized spacial score (nSPS) is 13.2. The molecule has 59 heavy (non-hydrogen) atoms. The number of esters is 2. The average Bonchev–Trinajstić information content (AvgIpc) is 3.19. The third kappa shape index (κ3) is 40.7. The summed E-state index contributed by atoms with van der Waals surface area (Å²) in [4.78, 5) is 37.0. The SMILES string of the molecule is CC/C=C/C/C=C/C/C=C/CCCCCCCCC(=O)OCC(COCCC(C(=O)[O-])[N+](C)(C)C)OC(=O)CCCCCCCCCCCCCCCCCCCCC. The zero-order chi connectivity index (χ0) is 43.5. The smallest absolute Gasteiger partial charge is 0.306 e. The maximum atomic E-state index is 12.8. The second kappa shape index (κ2) is 42.2. The summed E-state index contributed by atoms with van der Waals surface area (Å²) in [6, 6.07) is -0.726. The first-order chi connectivity index (χ1) is 28.6. The van der Waals surface area contributed by atoms with E-state index in [0.717, 1.165) is 70.6 Å². The summed E-state index contributed by atoms with van der Waals surface area (Å²) in [5.41, 5.74) is 0. The summed E-state index contributed by atoms with van der Waals surface area (Å²) in [6.07, 6.45) is 48.8. The number of likely N-dealkylation sites (N-methyl/N-ethyl adjacent to an activating group) is 1. The number of aliphatic carboxylic acids is 1. The highest BCUT2D eigenvalue weighted by molar-refractivity contribution is 5.70. The van der Waals surface area contributed by atoms with Crippen LogP contribution in [-0.2, 0) is 28.6 Å². The molecule has 8 heteroatoms. The van der Waals surface area contributed by atoms with Crippen LogP contribution in [-0.4, -0.2) is 75.5 Å². The quantitative estimate of drug-likeness (QED) is 0.0261. The maximum Gasteiger partial charge on any atom is 0.306 e. The van der Waals surface area contributed by atoms with Gasteiger partial charge in [-0.05, 0) is 44.9 Å². The number of carbonyl (C=O) groups excluding carboxylic acids is 3. The minimum absolute atomic E-state index is 0.0393. The van der Waals surface area contributed by atoms with Gasteiger partial charge in [-0.1, -0.05) is 192 Å². The van der Waals surface area contributed by atoms with Crippen molar-refractivity contribution in [3.05, 3.63) is 36.5 Å². The molecular formula is C51H93NO7. The van der Waals surface area contributed by atoms with Gasteiger partial charge in [0.15, 0.2) is 6.10 Å². The van der Waals surface area contributed by atoms with E-state index in [4.69, 9.17) is 14.2 Å². The molecule has 0 aromatic carbocycles. The van der Waals surface area contributed by atoms with Crippen molar-refractivity contribution in [1.82, 2.24) is 0 Å². The van der Waals surface area contributed by atoms with Crippen molar-refractivity contribution in [2.24, 2.45) is 0 Å². The van der Waals surface area contributed by atoms with Crippen LogP contribution >= 0.6 is 0 Å². The fraction of sp³-hybridized carbons (Fsp3) is 0.824. The molecule has 0 N–H and O–H groups in total. The van der Waals surface area contributed by atoms with Crippen LogP contribution in [0.2, 0.25) is 0 Å². The Morgan fingerprint density at radius 2 is 0.949 bits per heavy atom. The Balaban J connectivity index is 4.26. The van der Waals surface area contributed by atoms with E-state index in [0.29, 0.717) is 12.8 Å². The molecule has 2 unspecified atom stereocenters. The van der Waals surface area contributed by atoms with E-state index in [1.54, 1.807) is 21.1 Å².